The second kappa shape index (κ2) is 4.70. The molecule has 1 aliphatic rings. The minimum Gasteiger partial charge on any atom is -0.328 e. The number of hydrogen-bond acceptors (Lipinski definition) is 2. The third-order valence-corrected chi connectivity index (χ3v) is 3.62. The van der Waals surface area contributed by atoms with E-state index in [1.165, 1.54) is 18.2 Å². The van der Waals surface area contributed by atoms with Gasteiger partial charge in [0, 0.05) is 17.1 Å². The smallest absolute Gasteiger partial charge is 0.129 e. The van der Waals surface area contributed by atoms with E-state index in [4.69, 9.17) is 11.5 Å². The molecule has 1 aliphatic carbocycles. The molecule has 1 aromatic carbocycles. The highest BCUT2D eigenvalue weighted by Crippen LogP contribution is 2.30. The summed E-state index contributed by atoms with van der Waals surface area (Å²) in [6.45, 7) is 0. The molecule has 0 bridgehead atoms. The lowest BCUT2D eigenvalue weighted by Gasteiger charge is -2.36. The van der Waals surface area contributed by atoms with Crippen LogP contribution in [0.1, 0.15) is 31.2 Å². The van der Waals surface area contributed by atoms with Crippen molar-refractivity contribution < 1.29 is 8.78 Å². The van der Waals surface area contributed by atoms with Gasteiger partial charge in [0.25, 0.3) is 0 Å². The molecule has 1 fully saturated rings. The molecule has 0 aromatic heterocycles. The fourth-order valence-corrected chi connectivity index (χ4v) is 2.45. The maximum absolute atomic E-state index is 13.5. The first kappa shape index (κ1) is 12.5. The predicted molar refractivity (Wildman–Crippen MR) is 63.4 cm³/mol. The van der Waals surface area contributed by atoms with Crippen LogP contribution in [0.25, 0.3) is 0 Å². The summed E-state index contributed by atoms with van der Waals surface area (Å²) in [6, 6.07) is 4.10. The van der Waals surface area contributed by atoms with Gasteiger partial charge in [-0.3, -0.25) is 0 Å². The summed E-state index contributed by atoms with van der Waals surface area (Å²) < 4.78 is 27.1. The van der Waals surface area contributed by atoms with Crippen molar-refractivity contribution in [1.82, 2.24) is 0 Å². The normalized spacial score (nSPS) is 29.3. The molecule has 0 atom stereocenters. The number of hydrogen-bond donors (Lipinski definition) is 2. The molecule has 94 valence electrons. The highest BCUT2D eigenvalue weighted by Gasteiger charge is 2.32. The third-order valence-electron chi connectivity index (χ3n) is 3.62. The van der Waals surface area contributed by atoms with Crippen molar-refractivity contribution >= 4 is 0 Å². The van der Waals surface area contributed by atoms with Crippen LogP contribution in [0.4, 0.5) is 8.78 Å². The average Bonchev–Trinajstić information content (AvgIpc) is 2.29. The van der Waals surface area contributed by atoms with Crippen LogP contribution in [0, 0.1) is 11.6 Å². The molecule has 0 unspecified atom stereocenters. The van der Waals surface area contributed by atoms with E-state index in [1.54, 1.807) is 0 Å². The summed E-state index contributed by atoms with van der Waals surface area (Å²) >= 11 is 0. The molecule has 0 saturated heterocycles. The molecule has 0 heterocycles. The van der Waals surface area contributed by atoms with Crippen molar-refractivity contribution in [3.05, 3.63) is 35.4 Å². The first-order valence-corrected chi connectivity index (χ1v) is 5.97. The quantitative estimate of drug-likeness (QED) is 0.831. The Labute approximate surface area is 100.0 Å². The molecule has 4 N–H and O–H groups in total. The number of nitrogens with two attached hydrogens (primary N) is 2. The van der Waals surface area contributed by atoms with E-state index in [1.807, 2.05) is 0 Å². The number of benzene rings is 1. The van der Waals surface area contributed by atoms with E-state index >= 15 is 0 Å². The van der Waals surface area contributed by atoms with Gasteiger partial charge in [-0.05, 0) is 44.2 Å². The van der Waals surface area contributed by atoms with Crippen molar-refractivity contribution in [3.8, 4) is 0 Å². The summed E-state index contributed by atoms with van der Waals surface area (Å²) in [5, 5.41) is 0. The first-order valence-electron chi connectivity index (χ1n) is 5.97. The highest BCUT2D eigenvalue weighted by atomic mass is 19.1. The van der Waals surface area contributed by atoms with E-state index in [0.717, 1.165) is 25.7 Å². The number of halogens is 2. The SMILES string of the molecule is NC1CCC(N)(Cc2c(F)cccc2F)CC1. The van der Waals surface area contributed by atoms with Crippen LogP contribution in [0.5, 0.6) is 0 Å². The van der Waals surface area contributed by atoms with E-state index in [0.29, 0.717) is 0 Å². The van der Waals surface area contributed by atoms with Gasteiger partial charge in [0.05, 0.1) is 0 Å². The maximum atomic E-state index is 13.5. The van der Waals surface area contributed by atoms with Crippen LogP contribution >= 0.6 is 0 Å². The van der Waals surface area contributed by atoms with E-state index in [2.05, 4.69) is 0 Å². The Hall–Kier alpha value is -1.00. The van der Waals surface area contributed by atoms with Gasteiger partial charge in [0.2, 0.25) is 0 Å². The third kappa shape index (κ3) is 2.82. The van der Waals surface area contributed by atoms with Crippen molar-refractivity contribution in [2.45, 2.75) is 43.7 Å². The van der Waals surface area contributed by atoms with Crippen LogP contribution in [0.15, 0.2) is 18.2 Å². The van der Waals surface area contributed by atoms with Gasteiger partial charge in [0.1, 0.15) is 11.6 Å². The van der Waals surface area contributed by atoms with Gasteiger partial charge in [-0.15, -0.1) is 0 Å². The lowest BCUT2D eigenvalue weighted by molar-refractivity contribution is 0.267. The Kier molecular flexibility index (Phi) is 3.45. The second-order valence-corrected chi connectivity index (χ2v) is 5.08. The minimum atomic E-state index is -0.515. The monoisotopic (exact) mass is 240 g/mol. The molecule has 2 rings (SSSR count). The Balaban J connectivity index is 2.15. The standard InChI is InChI=1S/C13H18F2N2/c14-11-2-1-3-12(15)10(11)8-13(17)6-4-9(16)5-7-13/h1-3,9H,4-8,16-17H2. The van der Waals surface area contributed by atoms with Crippen molar-refractivity contribution in [3.63, 3.8) is 0 Å². The van der Waals surface area contributed by atoms with Crippen molar-refractivity contribution in [2.75, 3.05) is 0 Å². The molecule has 0 aliphatic heterocycles. The summed E-state index contributed by atoms with van der Waals surface area (Å²) in [5.74, 6) is -1.02. The van der Waals surface area contributed by atoms with Crippen molar-refractivity contribution in [2.24, 2.45) is 11.5 Å². The van der Waals surface area contributed by atoms with Crippen LogP contribution in [0.2, 0.25) is 0 Å². The van der Waals surface area contributed by atoms with Gasteiger partial charge in [-0.2, -0.15) is 0 Å². The molecular weight excluding hydrogens is 222 g/mol. The molecule has 17 heavy (non-hydrogen) atoms. The van der Waals surface area contributed by atoms with Crippen LogP contribution in [-0.4, -0.2) is 11.6 Å². The largest absolute Gasteiger partial charge is 0.328 e. The highest BCUT2D eigenvalue weighted by molar-refractivity contribution is 5.22. The minimum absolute atomic E-state index is 0.102. The first-order chi connectivity index (χ1) is 8.00. The van der Waals surface area contributed by atoms with Crippen LogP contribution in [-0.2, 0) is 6.42 Å². The van der Waals surface area contributed by atoms with Gasteiger partial charge in [-0.25, -0.2) is 8.78 Å². The van der Waals surface area contributed by atoms with Crippen molar-refractivity contribution in [1.29, 1.82) is 0 Å². The Morgan fingerprint density at radius 3 is 2.24 bits per heavy atom. The Morgan fingerprint density at radius 2 is 1.71 bits per heavy atom. The van der Waals surface area contributed by atoms with E-state index in [-0.39, 0.29) is 18.0 Å². The Bertz CT molecular complexity index is 378. The topological polar surface area (TPSA) is 52.0 Å². The zero-order chi connectivity index (χ0) is 12.5. The molecule has 0 amide bonds. The Morgan fingerprint density at radius 1 is 1.18 bits per heavy atom. The van der Waals surface area contributed by atoms with Gasteiger partial charge >= 0.3 is 0 Å². The molecular formula is C13H18F2N2. The van der Waals surface area contributed by atoms with Gasteiger partial charge in [-0.1, -0.05) is 6.07 Å². The summed E-state index contributed by atoms with van der Waals surface area (Å²) in [7, 11) is 0. The lowest BCUT2D eigenvalue weighted by Crippen LogP contribution is -2.48. The molecule has 0 radical (unpaired) electrons. The summed E-state index contributed by atoms with van der Waals surface area (Å²) in [6.07, 6.45) is 3.35. The van der Waals surface area contributed by atoms with Gasteiger partial charge in [0.15, 0.2) is 0 Å². The lowest BCUT2D eigenvalue weighted by atomic mass is 9.76. The van der Waals surface area contributed by atoms with E-state index < -0.39 is 17.2 Å². The van der Waals surface area contributed by atoms with Crippen LogP contribution < -0.4 is 11.5 Å². The second-order valence-electron chi connectivity index (χ2n) is 5.08. The molecule has 4 heteroatoms. The van der Waals surface area contributed by atoms with Gasteiger partial charge < -0.3 is 11.5 Å². The zero-order valence-electron chi connectivity index (χ0n) is 9.76. The molecule has 1 aromatic rings. The molecule has 2 nitrogen and oxygen atoms in total. The molecule has 1 saturated carbocycles. The average molecular weight is 240 g/mol. The number of rotatable bonds is 2. The summed E-state index contributed by atoms with van der Waals surface area (Å²) in [4.78, 5) is 0. The predicted octanol–water partition coefficient (Wildman–Crippen LogP) is 2.11. The fourth-order valence-electron chi connectivity index (χ4n) is 2.45. The van der Waals surface area contributed by atoms with Crippen LogP contribution in [0.3, 0.4) is 0 Å². The fraction of sp³-hybridized carbons (Fsp3) is 0.538. The zero-order valence-corrected chi connectivity index (χ0v) is 9.76. The molecule has 0 spiro atoms. The maximum Gasteiger partial charge on any atom is 0.129 e. The van der Waals surface area contributed by atoms with E-state index in [9.17, 15) is 8.78 Å². The summed E-state index contributed by atoms with van der Waals surface area (Å²) in [5.41, 5.74) is 11.6.